The number of aliphatic hydroxyl groups is 2. The monoisotopic (exact) mass is 1050 g/mol. The van der Waals surface area contributed by atoms with E-state index in [1.165, 1.54) is 52.0 Å². The van der Waals surface area contributed by atoms with Gasteiger partial charge in [-0.25, -0.2) is 14.4 Å². The molecule has 3 amide bonds. The van der Waals surface area contributed by atoms with Crippen LogP contribution < -0.4 is 5.32 Å². The van der Waals surface area contributed by atoms with Gasteiger partial charge >= 0.3 is 29.8 Å². The Morgan fingerprint density at radius 2 is 1.46 bits per heavy atom. The lowest BCUT2D eigenvalue weighted by molar-refractivity contribution is -0.346. The summed E-state index contributed by atoms with van der Waals surface area (Å²) in [4.78, 5) is 126. The van der Waals surface area contributed by atoms with Gasteiger partial charge in [0.2, 0.25) is 17.9 Å². The fourth-order valence-corrected chi connectivity index (χ4v) is 11.9. The number of ketones is 1. The molecule has 3 aromatic rings. The smallest absolute Gasteiger partial charge is 0.350 e. The number of nitrogens with one attached hydrogen (secondary N) is 1. The fourth-order valence-electron chi connectivity index (χ4n) is 11.9. The van der Waals surface area contributed by atoms with Crippen molar-refractivity contribution in [3.05, 3.63) is 119 Å². The predicted molar refractivity (Wildman–Crippen MR) is 263 cm³/mol. The van der Waals surface area contributed by atoms with Gasteiger partial charge in [0.05, 0.1) is 42.8 Å². The number of carbonyl (C=O) groups is 9. The van der Waals surface area contributed by atoms with Crippen LogP contribution in [0.4, 0.5) is 0 Å². The maximum absolute atomic E-state index is 15.8. The molecule has 3 N–H and O–H groups in total. The number of likely N-dealkylation sites (tertiary alicyclic amines) is 1. The summed E-state index contributed by atoms with van der Waals surface area (Å²) in [5.74, 6) is -9.74. The molecule has 20 heteroatoms. The minimum atomic E-state index is -2.51. The number of nitrogens with zero attached hydrogens (tertiary/aromatic N) is 1. The van der Waals surface area contributed by atoms with Crippen molar-refractivity contribution in [1.82, 2.24) is 10.2 Å². The van der Waals surface area contributed by atoms with Gasteiger partial charge < -0.3 is 48.7 Å². The van der Waals surface area contributed by atoms with E-state index in [4.69, 9.17) is 33.2 Å². The minimum absolute atomic E-state index is 0.0209. The number of rotatable bonds is 16. The SMILES string of the molecule is CC(=O)O[C@H]1C(=O)[C@@]2(C)C(C(OC(=O)c3ccccc3)[C@]3(O)CC(OC(=O)C(OC(=O)COCCN4C(=O)CC(C)C4=O)C(NC(=O)c4ccccc4)c4ccccc4)C(C)=C1C3(C)C)[C@]1(OC(C)=O)CO[C@@H]1C[C@@H]2O. The molecule has 2 saturated carbocycles. The second-order valence-electron chi connectivity index (χ2n) is 20.9. The van der Waals surface area contributed by atoms with Crippen molar-refractivity contribution in [2.24, 2.45) is 22.7 Å². The summed E-state index contributed by atoms with van der Waals surface area (Å²) in [6, 6.07) is 22.2. The molecule has 0 aromatic heterocycles. The van der Waals surface area contributed by atoms with Crippen LogP contribution in [0, 0.1) is 22.7 Å². The lowest BCUT2D eigenvalue weighted by Crippen LogP contribution is -2.82. The molecule has 2 bridgehead atoms. The standard InChI is InChI=1S/C56H62N2O18/c1-30-25-40(62)58(50(30)66)23-24-70-28-41(63)74-45(43(34-17-11-8-12-18-34)57-49(65)35-19-13-9-14-20-35)52(68)73-37-27-56(69)48(75-51(67)36-21-15-10-16-22-36)46-54(7,38(61)26-39-55(46,29-71-39)76-33(4)60)47(64)44(72-32(3)59)42(31(37)2)53(56,5)6/h8-22,30,37-39,43-46,48,61,69H,23-29H2,1-7H3,(H,57,65)/t30?,37?,38-,39+,43?,44+,45?,46?,48?,54+,55-,56+/m0/s1. The van der Waals surface area contributed by atoms with Gasteiger partial charge in [-0.05, 0) is 54.8 Å². The number of hydrogen-bond acceptors (Lipinski definition) is 18. The topological polar surface area (TPSA) is 274 Å². The van der Waals surface area contributed by atoms with Crippen LogP contribution in [-0.2, 0) is 66.7 Å². The van der Waals surface area contributed by atoms with Gasteiger partial charge in [0.25, 0.3) is 5.91 Å². The van der Waals surface area contributed by atoms with E-state index < -0.39 is 143 Å². The number of esters is 5. The molecule has 2 aliphatic heterocycles. The Kier molecular flexibility index (Phi) is 15.6. The van der Waals surface area contributed by atoms with Crippen LogP contribution in [0.5, 0.6) is 0 Å². The Balaban J connectivity index is 1.24. The Morgan fingerprint density at radius 1 is 0.842 bits per heavy atom. The zero-order valence-corrected chi connectivity index (χ0v) is 43.2. The van der Waals surface area contributed by atoms with Crippen LogP contribution in [0.15, 0.2) is 102 Å². The van der Waals surface area contributed by atoms with Crippen molar-refractivity contribution < 1.29 is 86.5 Å². The molecule has 0 radical (unpaired) electrons. The van der Waals surface area contributed by atoms with Crippen molar-refractivity contribution in [2.45, 2.75) is 122 Å². The highest BCUT2D eigenvalue weighted by molar-refractivity contribution is 6.03. The number of fused-ring (bicyclic) bond motifs is 5. The molecule has 2 saturated heterocycles. The Labute approximate surface area is 438 Å². The predicted octanol–water partition coefficient (Wildman–Crippen LogP) is 3.70. The molecule has 3 aliphatic carbocycles. The Hall–Kier alpha value is -7.13. The summed E-state index contributed by atoms with van der Waals surface area (Å²) < 4.78 is 42.3. The third kappa shape index (κ3) is 9.94. The molecule has 404 valence electrons. The number of carbonyl (C=O) groups excluding carboxylic acids is 9. The highest BCUT2D eigenvalue weighted by Crippen LogP contribution is 2.64. The fraction of sp³-hybridized carbons (Fsp3) is 0.482. The number of hydrogen-bond donors (Lipinski definition) is 3. The molecule has 20 nitrogen and oxygen atoms in total. The quantitative estimate of drug-likeness (QED) is 0.0607. The molecule has 12 atom stereocenters. The van der Waals surface area contributed by atoms with Crippen molar-refractivity contribution in [3.63, 3.8) is 0 Å². The maximum Gasteiger partial charge on any atom is 0.350 e. The summed E-state index contributed by atoms with van der Waals surface area (Å²) in [6.45, 7) is 8.10. The van der Waals surface area contributed by atoms with E-state index >= 15 is 9.59 Å². The average Bonchev–Trinajstić information content (AvgIpc) is 3.81. The van der Waals surface area contributed by atoms with E-state index in [9.17, 15) is 43.8 Å². The van der Waals surface area contributed by atoms with Crippen LogP contribution in [0.2, 0.25) is 0 Å². The van der Waals surface area contributed by atoms with Crippen molar-refractivity contribution in [1.29, 1.82) is 0 Å². The second-order valence-corrected chi connectivity index (χ2v) is 20.9. The number of ether oxygens (including phenoxy) is 7. The van der Waals surface area contributed by atoms with Crippen molar-refractivity contribution in [2.75, 3.05) is 26.4 Å². The summed E-state index contributed by atoms with van der Waals surface area (Å²) in [6.07, 6.45) is -11.1. The van der Waals surface area contributed by atoms with E-state index in [1.54, 1.807) is 73.7 Å². The van der Waals surface area contributed by atoms with E-state index in [0.29, 0.717) is 0 Å². The Bertz CT molecular complexity index is 2820. The average molecular weight is 1050 g/mol. The molecule has 5 aliphatic rings. The van der Waals surface area contributed by atoms with Gasteiger partial charge in [-0.1, -0.05) is 87.5 Å². The second kappa shape index (κ2) is 21.5. The van der Waals surface area contributed by atoms with Gasteiger partial charge in [-0.15, -0.1) is 0 Å². The zero-order valence-electron chi connectivity index (χ0n) is 43.2. The lowest BCUT2D eigenvalue weighted by Gasteiger charge is -2.67. The molecular weight excluding hydrogens is 989 g/mol. The summed E-state index contributed by atoms with van der Waals surface area (Å²) in [5.41, 5.74) is -7.80. The molecule has 8 rings (SSSR count). The van der Waals surface area contributed by atoms with Crippen molar-refractivity contribution in [3.8, 4) is 0 Å². The number of amides is 3. The number of aliphatic hydroxyl groups excluding tert-OH is 1. The number of imide groups is 1. The molecule has 76 heavy (non-hydrogen) atoms. The van der Waals surface area contributed by atoms with E-state index in [2.05, 4.69) is 5.32 Å². The summed E-state index contributed by atoms with van der Waals surface area (Å²) in [7, 11) is 0. The minimum Gasteiger partial charge on any atom is -0.455 e. The first kappa shape index (κ1) is 55.1. The van der Waals surface area contributed by atoms with E-state index in [1.807, 2.05) is 0 Å². The first-order valence-electron chi connectivity index (χ1n) is 25.1. The molecular formula is C56H62N2O18. The molecule has 6 unspecified atom stereocenters. The summed E-state index contributed by atoms with van der Waals surface area (Å²) >= 11 is 0. The maximum atomic E-state index is 15.8. The van der Waals surface area contributed by atoms with Gasteiger partial charge in [-0.2, -0.15) is 0 Å². The molecule has 4 fully saturated rings. The third-order valence-corrected chi connectivity index (χ3v) is 15.9. The highest BCUT2D eigenvalue weighted by atomic mass is 16.6. The lowest BCUT2D eigenvalue weighted by atomic mass is 9.44. The molecule has 0 spiro atoms. The normalized spacial score (nSPS) is 30.2. The first-order valence-corrected chi connectivity index (χ1v) is 25.1. The van der Waals surface area contributed by atoms with Crippen LogP contribution in [0.3, 0.4) is 0 Å². The van der Waals surface area contributed by atoms with Crippen LogP contribution >= 0.6 is 0 Å². The molecule has 2 heterocycles. The van der Waals surface area contributed by atoms with Crippen LogP contribution in [0.25, 0.3) is 0 Å². The van der Waals surface area contributed by atoms with Gasteiger partial charge in [0, 0.05) is 50.0 Å². The summed E-state index contributed by atoms with van der Waals surface area (Å²) in [5, 5.41) is 29.0. The number of benzene rings is 3. The van der Waals surface area contributed by atoms with Gasteiger partial charge in [-0.3, -0.25) is 33.7 Å². The van der Waals surface area contributed by atoms with Crippen LogP contribution in [0.1, 0.15) is 100 Å². The van der Waals surface area contributed by atoms with Crippen molar-refractivity contribution >= 4 is 53.4 Å². The van der Waals surface area contributed by atoms with E-state index in [-0.39, 0.29) is 60.4 Å². The molecule has 3 aromatic carbocycles. The zero-order chi connectivity index (χ0) is 55.1. The Morgan fingerprint density at radius 3 is 2.03 bits per heavy atom. The van der Waals surface area contributed by atoms with Crippen LogP contribution in [-0.4, -0.2) is 143 Å². The largest absolute Gasteiger partial charge is 0.455 e. The number of Topliss-reactive ketones (excluding diaryl/α,β-unsaturated/α-hetero) is 1. The first-order chi connectivity index (χ1) is 36.0. The van der Waals surface area contributed by atoms with Gasteiger partial charge in [0.15, 0.2) is 17.5 Å². The van der Waals surface area contributed by atoms with E-state index in [0.717, 1.165) is 18.7 Å². The van der Waals surface area contributed by atoms with Gasteiger partial charge in [0.1, 0.15) is 36.6 Å². The highest BCUT2D eigenvalue weighted by Gasteiger charge is 2.78. The third-order valence-electron chi connectivity index (χ3n) is 15.9.